The standard InChI is InChI=1S/C18H26N2O3/c1-3-10-23-17-5-4-15(11-16(17)19(2)14-21)20-8-6-18(7-9-20)12-22-13-18/h4-5,11,14H,3,6-10,12-13H2,1-2H3. The highest BCUT2D eigenvalue weighted by Gasteiger charge is 2.41. The van der Waals surface area contributed by atoms with Crippen molar-refractivity contribution < 1.29 is 14.3 Å². The lowest BCUT2D eigenvalue weighted by Gasteiger charge is -2.47. The molecule has 3 rings (SSSR count). The SMILES string of the molecule is CCCOc1ccc(N2CCC3(CC2)COC3)cc1N(C)C=O. The Morgan fingerprint density at radius 3 is 2.65 bits per heavy atom. The summed E-state index contributed by atoms with van der Waals surface area (Å²) in [6, 6.07) is 6.15. The van der Waals surface area contributed by atoms with E-state index in [2.05, 4.69) is 24.0 Å². The number of carbonyl (C=O) groups is 1. The normalized spacial score (nSPS) is 19.3. The Kier molecular flexibility index (Phi) is 4.76. The Labute approximate surface area is 138 Å². The summed E-state index contributed by atoms with van der Waals surface area (Å²) < 4.78 is 11.2. The van der Waals surface area contributed by atoms with Gasteiger partial charge in [0.2, 0.25) is 6.41 Å². The molecule has 2 aliphatic rings. The molecule has 0 unspecified atom stereocenters. The zero-order chi connectivity index (χ0) is 16.3. The molecule has 0 aromatic heterocycles. The van der Waals surface area contributed by atoms with Crippen LogP contribution in [0.2, 0.25) is 0 Å². The van der Waals surface area contributed by atoms with Gasteiger partial charge in [-0.1, -0.05) is 6.92 Å². The van der Waals surface area contributed by atoms with Gasteiger partial charge in [-0.05, 0) is 37.5 Å². The molecule has 2 heterocycles. The fourth-order valence-corrected chi connectivity index (χ4v) is 3.29. The highest BCUT2D eigenvalue weighted by Crippen LogP contribution is 2.40. The smallest absolute Gasteiger partial charge is 0.213 e. The topological polar surface area (TPSA) is 42.0 Å². The van der Waals surface area contributed by atoms with Crippen LogP contribution in [-0.2, 0) is 9.53 Å². The van der Waals surface area contributed by atoms with Crippen LogP contribution >= 0.6 is 0 Å². The van der Waals surface area contributed by atoms with E-state index in [-0.39, 0.29) is 0 Å². The summed E-state index contributed by atoms with van der Waals surface area (Å²) in [6.45, 7) is 6.66. The molecule has 5 nitrogen and oxygen atoms in total. The maximum atomic E-state index is 11.2. The Hall–Kier alpha value is -1.75. The van der Waals surface area contributed by atoms with Gasteiger partial charge < -0.3 is 19.3 Å². The van der Waals surface area contributed by atoms with E-state index in [0.717, 1.165) is 56.3 Å². The fourth-order valence-electron chi connectivity index (χ4n) is 3.29. The molecular weight excluding hydrogens is 292 g/mol. The molecule has 2 saturated heterocycles. The Morgan fingerprint density at radius 2 is 2.09 bits per heavy atom. The van der Waals surface area contributed by atoms with Crippen molar-refractivity contribution in [1.29, 1.82) is 0 Å². The molecule has 0 atom stereocenters. The molecule has 0 bridgehead atoms. The first-order valence-electron chi connectivity index (χ1n) is 8.45. The van der Waals surface area contributed by atoms with E-state index in [4.69, 9.17) is 9.47 Å². The number of amides is 1. The maximum absolute atomic E-state index is 11.2. The zero-order valence-electron chi connectivity index (χ0n) is 14.1. The summed E-state index contributed by atoms with van der Waals surface area (Å²) in [7, 11) is 1.77. The van der Waals surface area contributed by atoms with Crippen LogP contribution in [0.1, 0.15) is 26.2 Å². The summed E-state index contributed by atoms with van der Waals surface area (Å²) in [5.74, 6) is 0.770. The van der Waals surface area contributed by atoms with Crippen molar-refractivity contribution in [1.82, 2.24) is 0 Å². The number of nitrogens with zero attached hydrogens (tertiary/aromatic N) is 2. The number of carbonyl (C=O) groups excluding carboxylic acids is 1. The van der Waals surface area contributed by atoms with Gasteiger partial charge in [-0.2, -0.15) is 0 Å². The third-order valence-electron chi connectivity index (χ3n) is 4.95. The molecule has 0 radical (unpaired) electrons. The molecular formula is C18H26N2O3. The van der Waals surface area contributed by atoms with E-state index in [1.165, 1.54) is 12.8 Å². The number of piperidine rings is 1. The summed E-state index contributed by atoms with van der Waals surface area (Å²) >= 11 is 0. The first-order valence-corrected chi connectivity index (χ1v) is 8.45. The Morgan fingerprint density at radius 1 is 1.35 bits per heavy atom. The van der Waals surface area contributed by atoms with E-state index in [0.29, 0.717) is 12.0 Å². The van der Waals surface area contributed by atoms with Crippen LogP contribution in [-0.4, -0.2) is 46.4 Å². The molecule has 126 valence electrons. The lowest BCUT2D eigenvalue weighted by molar-refractivity contribution is -0.124. The van der Waals surface area contributed by atoms with Gasteiger partial charge in [0.15, 0.2) is 0 Å². The average molecular weight is 318 g/mol. The van der Waals surface area contributed by atoms with Crippen molar-refractivity contribution in [3.8, 4) is 5.75 Å². The van der Waals surface area contributed by atoms with E-state index in [1.54, 1.807) is 11.9 Å². The molecule has 0 saturated carbocycles. The van der Waals surface area contributed by atoms with Crippen molar-refractivity contribution in [2.24, 2.45) is 5.41 Å². The lowest BCUT2D eigenvalue weighted by atomic mass is 9.77. The van der Waals surface area contributed by atoms with Crippen molar-refractivity contribution in [2.75, 3.05) is 49.8 Å². The molecule has 1 amide bonds. The van der Waals surface area contributed by atoms with Gasteiger partial charge in [-0.25, -0.2) is 0 Å². The highest BCUT2D eigenvalue weighted by atomic mass is 16.5. The maximum Gasteiger partial charge on any atom is 0.213 e. The average Bonchev–Trinajstić information content (AvgIpc) is 2.58. The monoisotopic (exact) mass is 318 g/mol. The number of hydrogen-bond acceptors (Lipinski definition) is 4. The number of hydrogen-bond donors (Lipinski definition) is 0. The Balaban J connectivity index is 1.75. The quantitative estimate of drug-likeness (QED) is 0.756. The first-order chi connectivity index (χ1) is 11.2. The minimum atomic E-state index is 0.434. The van der Waals surface area contributed by atoms with Crippen molar-refractivity contribution in [3.63, 3.8) is 0 Å². The molecule has 23 heavy (non-hydrogen) atoms. The van der Waals surface area contributed by atoms with Gasteiger partial charge in [-0.15, -0.1) is 0 Å². The van der Waals surface area contributed by atoms with Gasteiger partial charge >= 0.3 is 0 Å². The van der Waals surface area contributed by atoms with E-state index in [1.807, 2.05) is 6.07 Å². The summed E-state index contributed by atoms with van der Waals surface area (Å²) in [4.78, 5) is 15.2. The number of ether oxygens (including phenoxy) is 2. The van der Waals surface area contributed by atoms with Gasteiger partial charge in [-0.3, -0.25) is 4.79 Å². The third kappa shape index (κ3) is 3.29. The van der Waals surface area contributed by atoms with Crippen LogP contribution in [0.4, 0.5) is 11.4 Å². The van der Waals surface area contributed by atoms with Gasteiger partial charge in [0, 0.05) is 31.2 Å². The van der Waals surface area contributed by atoms with Crippen molar-refractivity contribution in [2.45, 2.75) is 26.2 Å². The summed E-state index contributed by atoms with van der Waals surface area (Å²) in [6.07, 6.45) is 4.14. The first kappa shape index (κ1) is 16.1. The van der Waals surface area contributed by atoms with E-state index < -0.39 is 0 Å². The molecule has 1 aromatic carbocycles. The molecule has 5 heteroatoms. The second-order valence-corrected chi connectivity index (χ2v) is 6.70. The van der Waals surface area contributed by atoms with E-state index in [9.17, 15) is 4.79 Å². The Bertz CT molecular complexity index is 547. The van der Waals surface area contributed by atoms with Gasteiger partial charge in [0.25, 0.3) is 0 Å². The summed E-state index contributed by atoms with van der Waals surface area (Å²) in [5, 5.41) is 0. The highest BCUT2D eigenvalue weighted by molar-refractivity contribution is 5.80. The number of benzene rings is 1. The van der Waals surface area contributed by atoms with Crippen LogP contribution in [0, 0.1) is 5.41 Å². The number of rotatable bonds is 6. The largest absolute Gasteiger partial charge is 0.491 e. The van der Waals surface area contributed by atoms with Crippen LogP contribution in [0.3, 0.4) is 0 Å². The van der Waals surface area contributed by atoms with Crippen LogP contribution in [0.5, 0.6) is 5.75 Å². The van der Waals surface area contributed by atoms with Crippen LogP contribution in [0.15, 0.2) is 18.2 Å². The second-order valence-electron chi connectivity index (χ2n) is 6.70. The van der Waals surface area contributed by atoms with Crippen LogP contribution < -0.4 is 14.5 Å². The summed E-state index contributed by atoms with van der Waals surface area (Å²) in [5.41, 5.74) is 2.43. The van der Waals surface area contributed by atoms with E-state index >= 15 is 0 Å². The zero-order valence-corrected chi connectivity index (χ0v) is 14.1. The van der Waals surface area contributed by atoms with Crippen molar-refractivity contribution in [3.05, 3.63) is 18.2 Å². The van der Waals surface area contributed by atoms with Gasteiger partial charge in [0.1, 0.15) is 5.75 Å². The van der Waals surface area contributed by atoms with Gasteiger partial charge in [0.05, 0.1) is 25.5 Å². The molecule has 1 spiro atoms. The van der Waals surface area contributed by atoms with Crippen molar-refractivity contribution >= 4 is 17.8 Å². The third-order valence-corrected chi connectivity index (χ3v) is 4.95. The number of anilines is 2. The molecule has 0 N–H and O–H groups in total. The fraction of sp³-hybridized carbons (Fsp3) is 0.611. The predicted molar refractivity (Wildman–Crippen MR) is 91.4 cm³/mol. The molecule has 1 aromatic rings. The predicted octanol–water partition coefficient (Wildman–Crippen LogP) is 2.68. The molecule has 2 fully saturated rings. The second kappa shape index (κ2) is 6.79. The molecule has 0 aliphatic carbocycles. The minimum absolute atomic E-state index is 0.434. The van der Waals surface area contributed by atoms with Crippen LogP contribution in [0.25, 0.3) is 0 Å². The minimum Gasteiger partial charge on any atom is -0.491 e. The lowest BCUT2D eigenvalue weighted by Crippen LogP contribution is -2.50. The molecule has 2 aliphatic heterocycles.